The third kappa shape index (κ3) is 3.35. The quantitative estimate of drug-likeness (QED) is 0.902. The van der Waals surface area contributed by atoms with Gasteiger partial charge in [-0.1, -0.05) is 55.0 Å². The van der Waals surface area contributed by atoms with Crippen LogP contribution < -0.4 is 5.32 Å². The van der Waals surface area contributed by atoms with Crippen molar-refractivity contribution in [2.24, 2.45) is 0 Å². The molecule has 0 spiro atoms. The molecule has 0 aliphatic carbocycles. The minimum absolute atomic E-state index is 0.474. The van der Waals surface area contributed by atoms with Crippen LogP contribution in [0.2, 0.25) is 0 Å². The number of aromatic nitrogens is 2. The molecule has 0 radical (unpaired) electrons. The second-order valence-electron chi connectivity index (χ2n) is 4.40. The molecular weight excluding hydrogens is 230 g/mol. The molecule has 0 bridgehead atoms. The van der Waals surface area contributed by atoms with Crippen LogP contribution in [0.25, 0.3) is 10.6 Å². The molecule has 0 unspecified atom stereocenters. The highest BCUT2D eigenvalue weighted by atomic mass is 32.1. The number of aryl methyl sites for hydroxylation is 1. The van der Waals surface area contributed by atoms with E-state index < -0.39 is 0 Å². The fourth-order valence-electron chi connectivity index (χ4n) is 1.43. The molecule has 0 aliphatic rings. The summed E-state index contributed by atoms with van der Waals surface area (Å²) in [6.45, 7) is 7.13. The fraction of sp³-hybridized carbons (Fsp3) is 0.385. The monoisotopic (exact) mass is 247 g/mol. The van der Waals surface area contributed by atoms with E-state index in [1.165, 1.54) is 5.56 Å². The highest BCUT2D eigenvalue weighted by Gasteiger charge is 2.06. The van der Waals surface area contributed by atoms with Gasteiger partial charge >= 0.3 is 0 Å². The normalized spacial score (nSPS) is 11.1. The lowest BCUT2D eigenvalue weighted by Gasteiger charge is -2.03. The molecular formula is C13H17N3S. The Morgan fingerprint density at radius 2 is 1.88 bits per heavy atom. The number of hydrogen-bond acceptors (Lipinski definition) is 4. The first kappa shape index (κ1) is 12.2. The third-order valence-corrected chi connectivity index (χ3v) is 3.40. The van der Waals surface area contributed by atoms with Crippen LogP contribution in [0.4, 0.5) is 0 Å². The lowest BCUT2D eigenvalue weighted by molar-refractivity contribution is 0.585. The largest absolute Gasteiger partial charge is 0.308 e. The molecule has 0 fully saturated rings. The average molecular weight is 247 g/mol. The zero-order valence-electron chi connectivity index (χ0n) is 10.4. The molecule has 0 saturated heterocycles. The van der Waals surface area contributed by atoms with E-state index in [2.05, 4.69) is 60.6 Å². The summed E-state index contributed by atoms with van der Waals surface area (Å²) in [5.74, 6) is 0. The first-order valence-electron chi connectivity index (χ1n) is 5.78. The van der Waals surface area contributed by atoms with Gasteiger partial charge in [-0.25, -0.2) is 0 Å². The Labute approximate surface area is 106 Å². The van der Waals surface area contributed by atoms with Gasteiger partial charge in [0.05, 0.1) is 0 Å². The summed E-state index contributed by atoms with van der Waals surface area (Å²) in [5, 5.41) is 13.8. The summed E-state index contributed by atoms with van der Waals surface area (Å²) >= 11 is 1.65. The van der Waals surface area contributed by atoms with E-state index in [0.717, 1.165) is 22.1 Å². The second-order valence-corrected chi connectivity index (χ2v) is 5.46. The minimum Gasteiger partial charge on any atom is -0.308 e. The predicted octanol–water partition coefficient (Wildman–Crippen LogP) is 3.01. The smallest absolute Gasteiger partial charge is 0.147 e. The van der Waals surface area contributed by atoms with Crippen molar-refractivity contribution in [1.82, 2.24) is 15.5 Å². The van der Waals surface area contributed by atoms with Crippen LogP contribution in [0.1, 0.15) is 24.4 Å². The number of benzene rings is 1. The summed E-state index contributed by atoms with van der Waals surface area (Å²) in [4.78, 5) is 0. The van der Waals surface area contributed by atoms with Gasteiger partial charge in [0.15, 0.2) is 0 Å². The minimum atomic E-state index is 0.474. The molecule has 1 aromatic heterocycles. The van der Waals surface area contributed by atoms with E-state index in [9.17, 15) is 0 Å². The fourth-order valence-corrected chi connectivity index (χ4v) is 2.23. The Balaban J connectivity index is 2.10. The van der Waals surface area contributed by atoms with Gasteiger partial charge in [-0.05, 0) is 6.92 Å². The first-order valence-corrected chi connectivity index (χ1v) is 6.59. The standard InChI is InChI=1S/C13H17N3S/c1-9(2)14-8-12-15-16-13(17-12)11-6-4-10(3)5-7-11/h4-7,9,14H,8H2,1-3H3. The van der Waals surface area contributed by atoms with Gasteiger partial charge in [-0.2, -0.15) is 0 Å². The number of rotatable bonds is 4. The SMILES string of the molecule is Cc1ccc(-c2nnc(CNC(C)C)s2)cc1. The van der Waals surface area contributed by atoms with Crippen LogP contribution >= 0.6 is 11.3 Å². The van der Waals surface area contributed by atoms with Crippen LogP contribution in [0, 0.1) is 6.92 Å². The van der Waals surface area contributed by atoms with E-state index in [0.29, 0.717) is 6.04 Å². The van der Waals surface area contributed by atoms with E-state index in [1.807, 2.05) is 0 Å². The first-order chi connectivity index (χ1) is 8.15. The summed E-state index contributed by atoms with van der Waals surface area (Å²) in [6.07, 6.45) is 0. The Kier molecular flexibility index (Phi) is 3.86. The van der Waals surface area contributed by atoms with Crippen molar-refractivity contribution >= 4 is 11.3 Å². The van der Waals surface area contributed by atoms with Crippen molar-refractivity contribution in [2.45, 2.75) is 33.4 Å². The van der Waals surface area contributed by atoms with Crippen LogP contribution in [0.5, 0.6) is 0 Å². The lowest BCUT2D eigenvalue weighted by atomic mass is 10.2. The van der Waals surface area contributed by atoms with Crippen molar-refractivity contribution in [2.75, 3.05) is 0 Å². The van der Waals surface area contributed by atoms with Crippen molar-refractivity contribution in [3.63, 3.8) is 0 Å². The van der Waals surface area contributed by atoms with Crippen LogP contribution in [-0.2, 0) is 6.54 Å². The van der Waals surface area contributed by atoms with Gasteiger partial charge in [0, 0.05) is 18.2 Å². The molecule has 1 N–H and O–H groups in total. The maximum Gasteiger partial charge on any atom is 0.147 e. The number of nitrogens with one attached hydrogen (secondary N) is 1. The molecule has 3 nitrogen and oxygen atoms in total. The van der Waals surface area contributed by atoms with E-state index in [4.69, 9.17) is 0 Å². The van der Waals surface area contributed by atoms with Crippen molar-refractivity contribution in [3.8, 4) is 10.6 Å². The average Bonchev–Trinajstić information content (AvgIpc) is 2.76. The van der Waals surface area contributed by atoms with E-state index >= 15 is 0 Å². The molecule has 1 heterocycles. The van der Waals surface area contributed by atoms with Gasteiger partial charge in [0.2, 0.25) is 0 Å². The van der Waals surface area contributed by atoms with Gasteiger partial charge < -0.3 is 5.32 Å². The maximum absolute atomic E-state index is 4.22. The molecule has 0 amide bonds. The van der Waals surface area contributed by atoms with Crippen LogP contribution in [0.3, 0.4) is 0 Å². The highest BCUT2D eigenvalue weighted by Crippen LogP contribution is 2.23. The summed E-state index contributed by atoms with van der Waals surface area (Å²) in [7, 11) is 0. The van der Waals surface area contributed by atoms with Crippen molar-refractivity contribution in [3.05, 3.63) is 34.8 Å². The number of nitrogens with zero attached hydrogens (tertiary/aromatic N) is 2. The molecule has 1 aromatic carbocycles. The topological polar surface area (TPSA) is 37.8 Å². The zero-order valence-corrected chi connectivity index (χ0v) is 11.2. The van der Waals surface area contributed by atoms with Crippen molar-refractivity contribution in [1.29, 1.82) is 0 Å². The molecule has 17 heavy (non-hydrogen) atoms. The van der Waals surface area contributed by atoms with Crippen molar-refractivity contribution < 1.29 is 0 Å². The Hall–Kier alpha value is -1.26. The Morgan fingerprint density at radius 1 is 1.18 bits per heavy atom. The molecule has 2 rings (SSSR count). The molecule has 90 valence electrons. The molecule has 0 atom stereocenters. The number of hydrogen-bond donors (Lipinski definition) is 1. The van der Waals surface area contributed by atoms with Crippen LogP contribution in [0.15, 0.2) is 24.3 Å². The molecule has 2 aromatic rings. The zero-order chi connectivity index (χ0) is 12.3. The van der Waals surface area contributed by atoms with E-state index in [1.54, 1.807) is 11.3 Å². The summed E-state index contributed by atoms with van der Waals surface area (Å²) in [6, 6.07) is 8.86. The predicted molar refractivity (Wildman–Crippen MR) is 72.1 cm³/mol. The molecule has 0 saturated carbocycles. The summed E-state index contributed by atoms with van der Waals surface area (Å²) in [5.41, 5.74) is 2.41. The highest BCUT2D eigenvalue weighted by molar-refractivity contribution is 7.14. The van der Waals surface area contributed by atoms with Crippen LogP contribution in [-0.4, -0.2) is 16.2 Å². The Bertz CT molecular complexity index is 474. The summed E-state index contributed by atoms with van der Waals surface area (Å²) < 4.78 is 0. The van der Waals surface area contributed by atoms with Gasteiger partial charge in [0.1, 0.15) is 10.0 Å². The van der Waals surface area contributed by atoms with Gasteiger partial charge in [-0.15, -0.1) is 10.2 Å². The second kappa shape index (κ2) is 5.38. The maximum atomic E-state index is 4.22. The van der Waals surface area contributed by atoms with Gasteiger partial charge in [-0.3, -0.25) is 0 Å². The Morgan fingerprint density at radius 3 is 2.53 bits per heavy atom. The molecule has 4 heteroatoms. The van der Waals surface area contributed by atoms with E-state index in [-0.39, 0.29) is 0 Å². The van der Waals surface area contributed by atoms with Gasteiger partial charge in [0.25, 0.3) is 0 Å². The lowest BCUT2D eigenvalue weighted by Crippen LogP contribution is -2.21. The molecule has 0 aliphatic heterocycles. The third-order valence-electron chi connectivity index (χ3n) is 2.43.